The number of hydrogen-bond acceptors (Lipinski definition) is 3. The van der Waals surface area contributed by atoms with Crippen molar-refractivity contribution in [3.05, 3.63) is 35.4 Å². The molecule has 1 aromatic rings. The fraction of sp³-hybridized carbons (Fsp3) is 0.562. The molecule has 1 atom stereocenters. The minimum atomic E-state index is -0.506. The van der Waals surface area contributed by atoms with Crippen LogP contribution >= 0.6 is 0 Å². The molecule has 104 valence electrons. The number of nitrogens with zero attached hydrogens (tertiary/aromatic N) is 2. The van der Waals surface area contributed by atoms with Gasteiger partial charge < -0.3 is 5.11 Å². The van der Waals surface area contributed by atoms with E-state index in [9.17, 15) is 5.11 Å². The van der Waals surface area contributed by atoms with Gasteiger partial charge in [0.05, 0.1) is 17.7 Å². The van der Waals surface area contributed by atoms with Crippen LogP contribution in [-0.4, -0.2) is 29.1 Å². The maximum Gasteiger partial charge on any atom is 0.0991 e. The second kappa shape index (κ2) is 7.28. The van der Waals surface area contributed by atoms with Gasteiger partial charge in [-0.1, -0.05) is 26.0 Å². The van der Waals surface area contributed by atoms with Crippen molar-refractivity contribution >= 4 is 0 Å². The lowest BCUT2D eigenvalue weighted by atomic mass is 10.1. The molecule has 3 nitrogen and oxygen atoms in total. The Bertz CT molecular complexity index is 417. The summed E-state index contributed by atoms with van der Waals surface area (Å²) in [5.74, 6) is 0.579. The summed E-state index contributed by atoms with van der Waals surface area (Å²) in [5.41, 5.74) is 1.49. The highest BCUT2D eigenvalue weighted by atomic mass is 16.3. The highest BCUT2D eigenvalue weighted by Crippen LogP contribution is 2.17. The van der Waals surface area contributed by atoms with E-state index in [0.29, 0.717) is 24.1 Å². The van der Waals surface area contributed by atoms with Gasteiger partial charge in [0.1, 0.15) is 0 Å². The summed E-state index contributed by atoms with van der Waals surface area (Å²) in [6.45, 7) is 10.3. The molecule has 0 heterocycles. The van der Waals surface area contributed by atoms with Crippen molar-refractivity contribution in [1.82, 2.24) is 4.90 Å². The molecule has 0 saturated heterocycles. The molecule has 0 amide bonds. The predicted octanol–water partition coefficient (Wildman–Crippen LogP) is 2.96. The van der Waals surface area contributed by atoms with Crippen LogP contribution in [0, 0.1) is 17.2 Å². The quantitative estimate of drug-likeness (QED) is 0.855. The third-order valence-electron chi connectivity index (χ3n) is 3.16. The first kappa shape index (κ1) is 15.7. The molecule has 1 N–H and O–H groups in total. The summed E-state index contributed by atoms with van der Waals surface area (Å²) in [6, 6.07) is 9.66. The predicted molar refractivity (Wildman–Crippen MR) is 77.7 cm³/mol. The highest BCUT2D eigenvalue weighted by molar-refractivity contribution is 5.32. The molecule has 0 fully saturated rings. The van der Waals surface area contributed by atoms with Gasteiger partial charge in [-0.3, -0.25) is 4.90 Å². The summed E-state index contributed by atoms with van der Waals surface area (Å²) in [6.07, 6.45) is -0.506. The van der Waals surface area contributed by atoms with Crippen LogP contribution in [0.4, 0.5) is 0 Å². The highest BCUT2D eigenvalue weighted by Gasteiger charge is 2.17. The lowest BCUT2D eigenvalue weighted by Crippen LogP contribution is -2.37. The van der Waals surface area contributed by atoms with Crippen LogP contribution < -0.4 is 0 Å². The SMILES string of the molecule is CC(C)CN(CC(O)c1ccc(C#N)cc1)C(C)C. The Hall–Kier alpha value is -1.37. The van der Waals surface area contributed by atoms with Crippen molar-refractivity contribution in [2.24, 2.45) is 5.92 Å². The zero-order chi connectivity index (χ0) is 14.4. The molecule has 0 saturated carbocycles. The van der Waals surface area contributed by atoms with Crippen molar-refractivity contribution in [2.45, 2.75) is 39.8 Å². The second-order valence-corrected chi connectivity index (χ2v) is 5.69. The molecule has 1 unspecified atom stereocenters. The first-order valence-corrected chi connectivity index (χ1v) is 6.86. The topological polar surface area (TPSA) is 47.3 Å². The summed E-state index contributed by atoms with van der Waals surface area (Å²) < 4.78 is 0. The molecular formula is C16H24N2O. The van der Waals surface area contributed by atoms with Crippen molar-refractivity contribution in [3.8, 4) is 6.07 Å². The zero-order valence-electron chi connectivity index (χ0n) is 12.3. The number of rotatable bonds is 6. The van der Waals surface area contributed by atoms with Crippen LogP contribution in [0.2, 0.25) is 0 Å². The average molecular weight is 260 g/mol. The van der Waals surface area contributed by atoms with Gasteiger partial charge in [0.15, 0.2) is 0 Å². The van der Waals surface area contributed by atoms with E-state index < -0.39 is 6.10 Å². The van der Waals surface area contributed by atoms with E-state index in [4.69, 9.17) is 5.26 Å². The van der Waals surface area contributed by atoms with Gasteiger partial charge in [0.2, 0.25) is 0 Å². The summed E-state index contributed by atoms with van der Waals surface area (Å²) in [7, 11) is 0. The summed E-state index contributed by atoms with van der Waals surface area (Å²) in [5, 5.41) is 19.1. The molecule has 0 spiro atoms. The molecule has 0 aliphatic heterocycles. The lowest BCUT2D eigenvalue weighted by molar-refractivity contribution is 0.0877. The standard InChI is InChI=1S/C16H24N2O/c1-12(2)10-18(13(3)4)11-16(19)15-7-5-14(9-17)6-8-15/h5-8,12-13,16,19H,10-11H2,1-4H3. The van der Waals surface area contributed by atoms with Gasteiger partial charge in [0, 0.05) is 19.1 Å². The largest absolute Gasteiger partial charge is 0.387 e. The van der Waals surface area contributed by atoms with E-state index in [-0.39, 0.29) is 0 Å². The lowest BCUT2D eigenvalue weighted by Gasteiger charge is -2.30. The fourth-order valence-electron chi connectivity index (χ4n) is 2.07. The van der Waals surface area contributed by atoms with Crippen LogP contribution in [0.1, 0.15) is 44.9 Å². The Balaban J connectivity index is 2.70. The Labute approximate surface area is 116 Å². The third kappa shape index (κ3) is 5.02. The number of nitriles is 1. The summed E-state index contributed by atoms with van der Waals surface area (Å²) in [4.78, 5) is 2.29. The van der Waals surface area contributed by atoms with Gasteiger partial charge in [-0.15, -0.1) is 0 Å². The van der Waals surface area contributed by atoms with Gasteiger partial charge in [0.25, 0.3) is 0 Å². The monoisotopic (exact) mass is 260 g/mol. The number of benzene rings is 1. The zero-order valence-corrected chi connectivity index (χ0v) is 12.3. The van der Waals surface area contributed by atoms with Gasteiger partial charge in [-0.05, 0) is 37.5 Å². The van der Waals surface area contributed by atoms with E-state index in [1.165, 1.54) is 0 Å². The van der Waals surface area contributed by atoms with Crippen LogP contribution in [0.5, 0.6) is 0 Å². The van der Waals surface area contributed by atoms with Crippen LogP contribution in [0.3, 0.4) is 0 Å². The fourth-order valence-corrected chi connectivity index (χ4v) is 2.07. The van der Waals surface area contributed by atoms with Crippen molar-refractivity contribution < 1.29 is 5.11 Å². The van der Waals surface area contributed by atoms with E-state index in [1.807, 2.05) is 12.1 Å². The Kier molecular flexibility index (Phi) is 6.01. The molecule has 0 aliphatic carbocycles. The smallest absolute Gasteiger partial charge is 0.0991 e. The molecule has 0 bridgehead atoms. The molecule has 0 radical (unpaired) electrons. The van der Waals surface area contributed by atoms with Crippen molar-refractivity contribution in [2.75, 3.05) is 13.1 Å². The normalized spacial score (nSPS) is 13.0. The van der Waals surface area contributed by atoms with Crippen molar-refractivity contribution in [1.29, 1.82) is 5.26 Å². The minimum absolute atomic E-state index is 0.412. The van der Waals surface area contributed by atoms with E-state index in [1.54, 1.807) is 12.1 Å². The second-order valence-electron chi connectivity index (χ2n) is 5.69. The first-order valence-electron chi connectivity index (χ1n) is 6.86. The van der Waals surface area contributed by atoms with Gasteiger partial charge >= 0.3 is 0 Å². The van der Waals surface area contributed by atoms with Gasteiger partial charge in [-0.2, -0.15) is 5.26 Å². The van der Waals surface area contributed by atoms with Crippen LogP contribution in [0.25, 0.3) is 0 Å². The number of aliphatic hydroxyl groups is 1. The molecule has 0 aromatic heterocycles. The maximum absolute atomic E-state index is 10.3. The van der Waals surface area contributed by atoms with Crippen LogP contribution in [0.15, 0.2) is 24.3 Å². The Morgan fingerprint density at radius 2 is 1.68 bits per heavy atom. The molecule has 19 heavy (non-hydrogen) atoms. The third-order valence-corrected chi connectivity index (χ3v) is 3.16. The molecule has 1 aromatic carbocycles. The molecular weight excluding hydrogens is 236 g/mol. The maximum atomic E-state index is 10.3. The Morgan fingerprint density at radius 3 is 2.11 bits per heavy atom. The molecule has 1 rings (SSSR count). The number of hydrogen-bond donors (Lipinski definition) is 1. The minimum Gasteiger partial charge on any atom is -0.387 e. The molecule has 0 aliphatic rings. The van der Waals surface area contributed by atoms with Crippen molar-refractivity contribution in [3.63, 3.8) is 0 Å². The average Bonchev–Trinajstić information content (AvgIpc) is 2.37. The number of aliphatic hydroxyl groups excluding tert-OH is 1. The van der Waals surface area contributed by atoms with E-state index >= 15 is 0 Å². The summed E-state index contributed by atoms with van der Waals surface area (Å²) >= 11 is 0. The van der Waals surface area contributed by atoms with Crippen LogP contribution in [-0.2, 0) is 0 Å². The Morgan fingerprint density at radius 1 is 1.11 bits per heavy atom. The molecule has 3 heteroatoms. The first-order chi connectivity index (χ1) is 8.93. The van der Waals surface area contributed by atoms with E-state index in [2.05, 4.69) is 38.7 Å². The van der Waals surface area contributed by atoms with Gasteiger partial charge in [-0.25, -0.2) is 0 Å². The van der Waals surface area contributed by atoms with E-state index in [0.717, 1.165) is 12.1 Å².